The van der Waals surface area contributed by atoms with Crippen LogP contribution in [0.15, 0.2) is 78.4 Å². The molecule has 5 nitrogen and oxygen atoms in total. The fourth-order valence-corrected chi connectivity index (χ4v) is 4.35. The standard InChI is InChI=1S/C30H31NO4/c1-19-6-10-22(11-7-19)27(32)25-26(21-12-14-23(15-13-21)30(2,3)4)31(29(34)28(25)33)18-20-8-16-24(35-5)17-9-20/h6-17,26,32H,18H2,1-5H3/b27-25-. The summed E-state index contributed by atoms with van der Waals surface area (Å²) in [4.78, 5) is 28.1. The van der Waals surface area contributed by atoms with Crippen LogP contribution in [0.5, 0.6) is 5.75 Å². The average Bonchev–Trinajstić information content (AvgIpc) is 3.09. The number of benzene rings is 3. The van der Waals surface area contributed by atoms with Crippen molar-refractivity contribution < 1.29 is 19.4 Å². The first kappa shape index (κ1) is 24.3. The van der Waals surface area contributed by atoms with Gasteiger partial charge in [0.1, 0.15) is 11.5 Å². The second-order valence-corrected chi connectivity index (χ2v) is 10.0. The number of carbonyl (C=O) groups is 2. The summed E-state index contributed by atoms with van der Waals surface area (Å²) < 4.78 is 5.24. The van der Waals surface area contributed by atoms with E-state index in [0.717, 1.165) is 22.3 Å². The van der Waals surface area contributed by atoms with Crippen LogP contribution in [0.1, 0.15) is 54.6 Å². The fourth-order valence-electron chi connectivity index (χ4n) is 4.35. The molecule has 0 bridgehead atoms. The van der Waals surface area contributed by atoms with Gasteiger partial charge in [-0.3, -0.25) is 9.59 Å². The van der Waals surface area contributed by atoms with E-state index >= 15 is 0 Å². The Labute approximate surface area is 206 Å². The van der Waals surface area contributed by atoms with E-state index in [1.165, 1.54) is 4.90 Å². The molecule has 5 heteroatoms. The number of ketones is 1. The van der Waals surface area contributed by atoms with Crippen molar-refractivity contribution in [2.75, 3.05) is 7.11 Å². The fraction of sp³-hybridized carbons (Fsp3) is 0.267. The van der Waals surface area contributed by atoms with Crippen LogP contribution >= 0.6 is 0 Å². The van der Waals surface area contributed by atoms with Gasteiger partial charge < -0.3 is 14.7 Å². The molecule has 1 heterocycles. The Kier molecular flexibility index (Phi) is 6.53. The number of aliphatic hydroxyl groups is 1. The summed E-state index contributed by atoms with van der Waals surface area (Å²) in [6, 6.07) is 21.9. The molecule has 0 aliphatic carbocycles. The van der Waals surface area contributed by atoms with Crippen LogP contribution < -0.4 is 4.74 Å². The lowest BCUT2D eigenvalue weighted by Gasteiger charge is -2.26. The normalized spacial score (nSPS) is 17.6. The van der Waals surface area contributed by atoms with Crippen molar-refractivity contribution in [3.63, 3.8) is 0 Å². The molecule has 1 atom stereocenters. The summed E-state index contributed by atoms with van der Waals surface area (Å²) in [7, 11) is 1.60. The number of amides is 1. The minimum absolute atomic E-state index is 0.0364. The van der Waals surface area contributed by atoms with Crippen LogP contribution in [0.25, 0.3) is 5.76 Å². The van der Waals surface area contributed by atoms with Crippen LogP contribution in [0.3, 0.4) is 0 Å². The molecule has 0 aromatic heterocycles. The highest BCUT2D eigenvalue weighted by Gasteiger charge is 2.46. The maximum atomic E-state index is 13.3. The van der Waals surface area contributed by atoms with Gasteiger partial charge >= 0.3 is 0 Å². The number of carbonyl (C=O) groups excluding carboxylic acids is 2. The second-order valence-electron chi connectivity index (χ2n) is 10.0. The first-order valence-electron chi connectivity index (χ1n) is 11.7. The molecule has 0 spiro atoms. The SMILES string of the molecule is COc1ccc(CN2C(=O)C(=O)/C(=C(\O)c3ccc(C)cc3)C2c2ccc(C(C)(C)C)cc2)cc1. The monoisotopic (exact) mass is 469 g/mol. The Morgan fingerprint density at radius 3 is 2.06 bits per heavy atom. The smallest absolute Gasteiger partial charge is 0.295 e. The topological polar surface area (TPSA) is 66.8 Å². The van der Waals surface area contributed by atoms with E-state index in [4.69, 9.17) is 4.74 Å². The molecule has 1 N–H and O–H groups in total. The predicted molar refractivity (Wildman–Crippen MR) is 137 cm³/mol. The third-order valence-electron chi connectivity index (χ3n) is 6.47. The number of likely N-dealkylation sites (tertiary alicyclic amines) is 1. The van der Waals surface area contributed by atoms with E-state index in [1.807, 2.05) is 67.6 Å². The molecule has 0 saturated carbocycles. The van der Waals surface area contributed by atoms with Gasteiger partial charge in [-0.15, -0.1) is 0 Å². The van der Waals surface area contributed by atoms with Gasteiger partial charge in [-0.2, -0.15) is 0 Å². The zero-order valence-corrected chi connectivity index (χ0v) is 20.8. The van der Waals surface area contributed by atoms with Crippen molar-refractivity contribution in [2.24, 2.45) is 0 Å². The number of Topliss-reactive ketones (excluding diaryl/α,β-unsaturated/α-hetero) is 1. The van der Waals surface area contributed by atoms with Gasteiger partial charge in [0.05, 0.1) is 18.7 Å². The Morgan fingerprint density at radius 1 is 0.914 bits per heavy atom. The summed E-state index contributed by atoms with van der Waals surface area (Å²) in [5.74, 6) is -0.754. The molecule has 1 amide bonds. The van der Waals surface area contributed by atoms with E-state index in [9.17, 15) is 14.7 Å². The first-order chi connectivity index (χ1) is 16.6. The van der Waals surface area contributed by atoms with Crippen LogP contribution in [0, 0.1) is 6.92 Å². The van der Waals surface area contributed by atoms with Gasteiger partial charge in [-0.05, 0) is 41.2 Å². The number of ether oxygens (including phenoxy) is 1. The Morgan fingerprint density at radius 2 is 1.51 bits per heavy atom. The van der Waals surface area contributed by atoms with Gasteiger partial charge in [-0.1, -0.05) is 87.0 Å². The summed E-state index contributed by atoms with van der Waals surface area (Å²) in [6.07, 6.45) is 0. The number of methoxy groups -OCH3 is 1. The summed E-state index contributed by atoms with van der Waals surface area (Å²) in [5, 5.41) is 11.2. The number of nitrogens with zero attached hydrogens (tertiary/aromatic N) is 1. The van der Waals surface area contributed by atoms with E-state index < -0.39 is 17.7 Å². The third kappa shape index (κ3) is 4.85. The molecular weight excluding hydrogens is 438 g/mol. The van der Waals surface area contributed by atoms with Gasteiger partial charge in [0.2, 0.25) is 0 Å². The first-order valence-corrected chi connectivity index (χ1v) is 11.7. The molecular formula is C30H31NO4. The highest BCUT2D eigenvalue weighted by Crippen LogP contribution is 2.41. The Bertz CT molecular complexity index is 1260. The molecule has 1 aliphatic rings. The maximum absolute atomic E-state index is 13.3. The van der Waals surface area contributed by atoms with Crippen molar-refractivity contribution in [2.45, 2.75) is 45.7 Å². The zero-order chi connectivity index (χ0) is 25.3. The molecule has 180 valence electrons. The molecule has 1 saturated heterocycles. The van der Waals surface area contributed by atoms with Gasteiger partial charge in [0.15, 0.2) is 0 Å². The molecule has 3 aromatic rings. The lowest BCUT2D eigenvalue weighted by molar-refractivity contribution is -0.140. The van der Waals surface area contributed by atoms with Crippen LogP contribution in [0.4, 0.5) is 0 Å². The van der Waals surface area contributed by atoms with Gasteiger partial charge in [0.25, 0.3) is 11.7 Å². The number of aliphatic hydroxyl groups excluding tert-OH is 1. The molecule has 35 heavy (non-hydrogen) atoms. The molecule has 0 radical (unpaired) electrons. The van der Waals surface area contributed by atoms with Crippen LogP contribution in [-0.4, -0.2) is 28.8 Å². The number of rotatable bonds is 5. The summed E-state index contributed by atoms with van der Waals surface area (Å²) >= 11 is 0. The Balaban J connectivity index is 1.82. The van der Waals surface area contributed by atoms with Gasteiger partial charge in [-0.25, -0.2) is 0 Å². The Hall–Kier alpha value is -3.86. The van der Waals surface area contributed by atoms with Crippen molar-refractivity contribution in [1.82, 2.24) is 4.90 Å². The average molecular weight is 470 g/mol. The number of aryl methyl sites for hydroxylation is 1. The zero-order valence-electron chi connectivity index (χ0n) is 20.8. The predicted octanol–water partition coefficient (Wildman–Crippen LogP) is 5.92. The molecule has 1 aliphatic heterocycles. The molecule has 1 unspecified atom stereocenters. The molecule has 4 rings (SSSR count). The lowest BCUT2D eigenvalue weighted by atomic mass is 9.85. The van der Waals surface area contributed by atoms with Gasteiger partial charge in [0, 0.05) is 12.1 Å². The molecule has 3 aromatic carbocycles. The van der Waals surface area contributed by atoms with Crippen molar-refractivity contribution in [3.05, 3.63) is 106 Å². The largest absolute Gasteiger partial charge is 0.507 e. The highest BCUT2D eigenvalue weighted by atomic mass is 16.5. The maximum Gasteiger partial charge on any atom is 0.295 e. The van der Waals surface area contributed by atoms with Crippen molar-refractivity contribution in [1.29, 1.82) is 0 Å². The second kappa shape index (κ2) is 9.41. The quantitative estimate of drug-likeness (QED) is 0.286. The highest BCUT2D eigenvalue weighted by molar-refractivity contribution is 6.46. The molecule has 1 fully saturated rings. The number of hydrogen-bond donors (Lipinski definition) is 1. The number of hydrogen-bond acceptors (Lipinski definition) is 4. The lowest BCUT2D eigenvalue weighted by Crippen LogP contribution is -2.29. The minimum Gasteiger partial charge on any atom is -0.507 e. The van der Waals surface area contributed by atoms with E-state index in [1.54, 1.807) is 19.2 Å². The van der Waals surface area contributed by atoms with Crippen molar-refractivity contribution in [3.8, 4) is 5.75 Å². The van der Waals surface area contributed by atoms with E-state index in [2.05, 4.69) is 20.8 Å². The van der Waals surface area contributed by atoms with Crippen molar-refractivity contribution >= 4 is 17.4 Å². The summed E-state index contributed by atoms with van der Waals surface area (Å²) in [5.41, 5.74) is 4.40. The minimum atomic E-state index is -0.701. The van der Waals surface area contributed by atoms with Crippen LogP contribution in [-0.2, 0) is 21.5 Å². The third-order valence-corrected chi connectivity index (χ3v) is 6.47. The summed E-state index contributed by atoms with van der Waals surface area (Å²) in [6.45, 7) is 8.58. The van der Waals surface area contributed by atoms with E-state index in [0.29, 0.717) is 11.3 Å². The van der Waals surface area contributed by atoms with E-state index in [-0.39, 0.29) is 23.3 Å². The van der Waals surface area contributed by atoms with Crippen LogP contribution in [0.2, 0.25) is 0 Å².